The highest BCUT2D eigenvalue weighted by atomic mass is 32.2. The van der Waals surface area contributed by atoms with Crippen LogP contribution in [0.5, 0.6) is 11.5 Å². The lowest BCUT2D eigenvalue weighted by Crippen LogP contribution is -2.30. The Bertz CT molecular complexity index is 1690. The zero-order valence-corrected chi connectivity index (χ0v) is 25.6. The number of anilines is 1. The van der Waals surface area contributed by atoms with Crippen LogP contribution in [0, 0.1) is 0 Å². The average molecular weight is 619 g/mol. The van der Waals surface area contributed by atoms with Gasteiger partial charge < -0.3 is 24.8 Å². The van der Waals surface area contributed by atoms with E-state index >= 15 is 0 Å². The summed E-state index contributed by atoms with van der Waals surface area (Å²) in [5, 5.41) is 6.43. The Morgan fingerprint density at radius 2 is 1.68 bits per heavy atom. The molecule has 2 N–H and O–H groups in total. The Morgan fingerprint density at radius 3 is 2.41 bits per heavy atom. The molecule has 0 saturated carbocycles. The van der Waals surface area contributed by atoms with Crippen LogP contribution in [0.3, 0.4) is 0 Å². The van der Waals surface area contributed by atoms with Gasteiger partial charge in [0.25, 0.3) is 5.56 Å². The summed E-state index contributed by atoms with van der Waals surface area (Å²) < 4.78 is 17.0. The molecule has 0 fully saturated rings. The number of aromatic nitrogens is 2. The number of hydrogen-bond acceptors (Lipinski definition) is 9. The number of hydrogen-bond donors (Lipinski definition) is 2. The van der Waals surface area contributed by atoms with Crippen molar-refractivity contribution < 1.29 is 28.6 Å². The van der Waals surface area contributed by atoms with Crippen molar-refractivity contribution in [3.8, 4) is 11.5 Å². The van der Waals surface area contributed by atoms with E-state index < -0.39 is 5.97 Å². The van der Waals surface area contributed by atoms with Crippen molar-refractivity contribution in [1.29, 1.82) is 0 Å². The predicted molar refractivity (Wildman–Crippen MR) is 169 cm³/mol. The number of carbonyl (C=O) groups is 3. The van der Waals surface area contributed by atoms with Gasteiger partial charge in [-0.15, -0.1) is 0 Å². The number of ether oxygens (including phenoxy) is 3. The molecule has 0 unspecified atom stereocenters. The molecular formula is C32H34N4O7S. The molecule has 44 heavy (non-hydrogen) atoms. The van der Waals surface area contributed by atoms with Gasteiger partial charge in [0.05, 0.1) is 43.0 Å². The standard InChI is InChI=1S/C32H34N4O7S/c1-4-43-31(40)22-10-12-23(13-11-22)34-29(38)20-44-32-35-25-8-6-5-7-24(25)30(39)36(32)18-16-28(37)33-17-15-21-9-14-26(41-2)27(19-21)42-3/h5-14,19H,4,15-18,20H2,1-3H3,(H,33,37)(H,34,38). The number of amides is 2. The van der Waals surface area contributed by atoms with E-state index in [1.54, 1.807) is 69.7 Å². The van der Waals surface area contributed by atoms with Crippen LogP contribution in [0.15, 0.2) is 76.7 Å². The van der Waals surface area contributed by atoms with Crippen molar-refractivity contribution in [2.45, 2.75) is 31.5 Å². The Hall–Kier alpha value is -4.84. The molecule has 0 aliphatic heterocycles. The maximum Gasteiger partial charge on any atom is 0.338 e. The SMILES string of the molecule is CCOC(=O)c1ccc(NC(=O)CSc2nc3ccccc3c(=O)n2CCC(=O)NCCc2ccc(OC)c(OC)c2)cc1. The van der Waals surface area contributed by atoms with Gasteiger partial charge in [0, 0.05) is 25.2 Å². The zero-order chi connectivity index (χ0) is 31.5. The van der Waals surface area contributed by atoms with Gasteiger partial charge in [-0.25, -0.2) is 9.78 Å². The molecule has 0 aliphatic rings. The van der Waals surface area contributed by atoms with Crippen molar-refractivity contribution in [3.63, 3.8) is 0 Å². The van der Waals surface area contributed by atoms with Gasteiger partial charge in [-0.2, -0.15) is 0 Å². The summed E-state index contributed by atoms with van der Waals surface area (Å²) in [7, 11) is 3.14. The van der Waals surface area contributed by atoms with E-state index in [1.807, 2.05) is 18.2 Å². The third-order valence-electron chi connectivity index (χ3n) is 6.59. The first-order valence-corrected chi connectivity index (χ1v) is 15.0. The van der Waals surface area contributed by atoms with Gasteiger partial charge in [0.1, 0.15) is 0 Å². The van der Waals surface area contributed by atoms with Gasteiger partial charge in [-0.1, -0.05) is 30.0 Å². The molecule has 1 heterocycles. The number of carbonyl (C=O) groups excluding carboxylic acids is 3. The number of nitrogens with zero attached hydrogens (tertiary/aromatic N) is 2. The minimum Gasteiger partial charge on any atom is -0.493 e. The third-order valence-corrected chi connectivity index (χ3v) is 7.56. The fraction of sp³-hybridized carbons (Fsp3) is 0.281. The number of fused-ring (bicyclic) bond motifs is 1. The molecule has 0 radical (unpaired) electrons. The molecule has 2 amide bonds. The largest absolute Gasteiger partial charge is 0.493 e. The van der Waals surface area contributed by atoms with E-state index in [-0.39, 0.29) is 42.7 Å². The topological polar surface area (TPSA) is 138 Å². The number of esters is 1. The molecular weight excluding hydrogens is 584 g/mol. The maximum absolute atomic E-state index is 13.4. The Labute approximate surface area is 258 Å². The Morgan fingerprint density at radius 1 is 0.932 bits per heavy atom. The third kappa shape index (κ3) is 8.38. The van der Waals surface area contributed by atoms with Crippen molar-refractivity contribution >= 4 is 46.1 Å². The highest BCUT2D eigenvalue weighted by molar-refractivity contribution is 7.99. The lowest BCUT2D eigenvalue weighted by atomic mass is 10.1. The minimum atomic E-state index is -0.437. The maximum atomic E-state index is 13.4. The summed E-state index contributed by atoms with van der Waals surface area (Å²) in [5.74, 6) is 0.247. The fourth-order valence-electron chi connectivity index (χ4n) is 4.37. The van der Waals surface area contributed by atoms with E-state index in [4.69, 9.17) is 14.2 Å². The summed E-state index contributed by atoms with van der Waals surface area (Å²) >= 11 is 1.10. The highest BCUT2D eigenvalue weighted by Gasteiger charge is 2.15. The molecule has 3 aromatic carbocycles. The van der Waals surface area contributed by atoms with E-state index in [9.17, 15) is 19.2 Å². The number of methoxy groups -OCH3 is 2. The second kappa shape index (κ2) is 15.6. The van der Waals surface area contributed by atoms with E-state index in [2.05, 4.69) is 15.6 Å². The molecule has 1 aromatic heterocycles. The van der Waals surface area contributed by atoms with Gasteiger partial charge >= 0.3 is 5.97 Å². The molecule has 0 aliphatic carbocycles. The summed E-state index contributed by atoms with van der Waals surface area (Å²) in [6.07, 6.45) is 0.643. The number of benzene rings is 3. The monoisotopic (exact) mass is 618 g/mol. The van der Waals surface area contributed by atoms with Crippen LogP contribution in [0.1, 0.15) is 29.3 Å². The predicted octanol–water partition coefficient (Wildman–Crippen LogP) is 4.07. The van der Waals surface area contributed by atoms with Gasteiger partial charge in [0.2, 0.25) is 11.8 Å². The second-order valence-electron chi connectivity index (χ2n) is 9.54. The van der Waals surface area contributed by atoms with Crippen LogP contribution < -0.4 is 25.7 Å². The number of thioether (sulfide) groups is 1. The molecule has 4 rings (SSSR count). The lowest BCUT2D eigenvalue weighted by molar-refractivity contribution is -0.121. The Kier molecular flexibility index (Phi) is 11.4. The van der Waals surface area contributed by atoms with Crippen molar-refractivity contribution in [3.05, 3.63) is 88.2 Å². The minimum absolute atomic E-state index is 0.0259. The first-order valence-electron chi connectivity index (χ1n) is 14.0. The number of nitrogens with one attached hydrogen (secondary N) is 2. The molecule has 11 nitrogen and oxygen atoms in total. The van der Waals surface area contributed by atoms with Gasteiger partial charge in [-0.3, -0.25) is 19.0 Å². The van der Waals surface area contributed by atoms with Gasteiger partial charge in [0.15, 0.2) is 16.7 Å². The van der Waals surface area contributed by atoms with E-state index in [0.29, 0.717) is 51.8 Å². The molecule has 4 aromatic rings. The van der Waals surface area contributed by atoms with Crippen LogP contribution in [-0.4, -0.2) is 60.5 Å². The summed E-state index contributed by atoms with van der Waals surface area (Å²) in [5.41, 5.74) is 2.09. The summed E-state index contributed by atoms with van der Waals surface area (Å²) in [6, 6.07) is 18.9. The van der Waals surface area contributed by atoms with Crippen LogP contribution in [0.25, 0.3) is 10.9 Å². The quantitative estimate of drug-likeness (QED) is 0.122. The molecule has 12 heteroatoms. The Balaban J connectivity index is 1.37. The smallest absolute Gasteiger partial charge is 0.338 e. The number of rotatable bonds is 14. The van der Waals surface area contributed by atoms with E-state index in [0.717, 1.165) is 17.3 Å². The fourth-order valence-corrected chi connectivity index (χ4v) is 5.20. The van der Waals surface area contributed by atoms with Crippen LogP contribution in [0.4, 0.5) is 5.69 Å². The van der Waals surface area contributed by atoms with Crippen LogP contribution in [-0.2, 0) is 27.3 Å². The average Bonchev–Trinajstić information content (AvgIpc) is 3.03. The summed E-state index contributed by atoms with van der Waals surface area (Å²) in [4.78, 5) is 55.3. The zero-order valence-electron chi connectivity index (χ0n) is 24.8. The van der Waals surface area contributed by atoms with Crippen molar-refractivity contribution in [2.24, 2.45) is 0 Å². The molecule has 230 valence electrons. The first kappa shape index (κ1) is 32.1. The second-order valence-corrected chi connectivity index (χ2v) is 10.5. The normalized spacial score (nSPS) is 10.7. The molecule has 0 bridgehead atoms. The van der Waals surface area contributed by atoms with E-state index in [1.165, 1.54) is 4.57 Å². The molecule has 0 atom stereocenters. The van der Waals surface area contributed by atoms with Crippen LogP contribution >= 0.6 is 11.8 Å². The van der Waals surface area contributed by atoms with Crippen LogP contribution in [0.2, 0.25) is 0 Å². The van der Waals surface area contributed by atoms with Gasteiger partial charge in [-0.05, 0) is 67.4 Å². The van der Waals surface area contributed by atoms with Crippen molar-refractivity contribution in [2.75, 3.05) is 38.4 Å². The lowest BCUT2D eigenvalue weighted by Gasteiger charge is -2.13. The highest BCUT2D eigenvalue weighted by Crippen LogP contribution is 2.27. The van der Waals surface area contributed by atoms with Crippen molar-refractivity contribution in [1.82, 2.24) is 14.9 Å². The first-order chi connectivity index (χ1) is 21.3. The summed E-state index contributed by atoms with van der Waals surface area (Å²) in [6.45, 7) is 2.50. The molecule has 0 spiro atoms. The molecule has 0 saturated heterocycles. The number of para-hydroxylation sites is 1.